The maximum Gasteiger partial charge on any atom is 0.0991 e. The standard InChI is InChI=1S/C15H20N2O/c1-3-4-5-15(18)11-17-12(2)14-8-6-13(10-16)7-9-14/h3,6-9,12,15,17-18H,1,4-5,11H2,2H3. The van der Waals surface area contributed by atoms with E-state index in [0.29, 0.717) is 12.1 Å². The van der Waals surface area contributed by atoms with Crippen LogP contribution in [0.3, 0.4) is 0 Å². The van der Waals surface area contributed by atoms with Crippen molar-refractivity contribution in [2.75, 3.05) is 6.54 Å². The van der Waals surface area contributed by atoms with Crippen LogP contribution in [-0.2, 0) is 0 Å². The Morgan fingerprint density at radius 1 is 1.44 bits per heavy atom. The summed E-state index contributed by atoms with van der Waals surface area (Å²) in [5.74, 6) is 0. The van der Waals surface area contributed by atoms with Crippen LogP contribution in [0.4, 0.5) is 0 Å². The van der Waals surface area contributed by atoms with Gasteiger partial charge in [0.1, 0.15) is 0 Å². The lowest BCUT2D eigenvalue weighted by Gasteiger charge is -2.17. The van der Waals surface area contributed by atoms with Crippen LogP contribution in [-0.4, -0.2) is 17.8 Å². The molecular formula is C15H20N2O. The fourth-order valence-electron chi connectivity index (χ4n) is 1.69. The molecule has 0 heterocycles. The Bertz CT molecular complexity index is 405. The highest BCUT2D eigenvalue weighted by atomic mass is 16.3. The summed E-state index contributed by atoms with van der Waals surface area (Å²) in [6.07, 6.45) is 3.03. The van der Waals surface area contributed by atoms with Gasteiger partial charge in [-0.15, -0.1) is 6.58 Å². The maximum atomic E-state index is 9.70. The minimum absolute atomic E-state index is 0.163. The van der Waals surface area contributed by atoms with Crippen molar-refractivity contribution in [3.63, 3.8) is 0 Å². The molecule has 0 saturated carbocycles. The lowest BCUT2D eigenvalue weighted by atomic mass is 10.1. The van der Waals surface area contributed by atoms with E-state index in [1.165, 1.54) is 0 Å². The Labute approximate surface area is 109 Å². The third kappa shape index (κ3) is 4.70. The maximum absolute atomic E-state index is 9.70. The zero-order valence-electron chi connectivity index (χ0n) is 10.8. The molecule has 1 rings (SSSR count). The van der Waals surface area contributed by atoms with Gasteiger partial charge in [0.05, 0.1) is 17.7 Å². The van der Waals surface area contributed by atoms with Gasteiger partial charge in [-0.25, -0.2) is 0 Å². The largest absolute Gasteiger partial charge is 0.392 e. The molecule has 0 aliphatic carbocycles. The summed E-state index contributed by atoms with van der Waals surface area (Å²) in [7, 11) is 0. The van der Waals surface area contributed by atoms with Crippen LogP contribution >= 0.6 is 0 Å². The van der Waals surface area contributed by atoms with Gasteiger partial charge in [0.15, 0.2) is 0 Å². The Hall–Kier alpha value is -1.63. The van der Waals surface area contributed by atoms with Crippen molar-refractivity contribution in [1.82, 2.24) is 5.32 Å². The number of rotatable bonds is 7. The topological polar surface area (TPSA) is 56.0 Å². The minimum Gasteiger partial charge on any atom is -0.392 e. The van der Waals surface area contributed by atoms with E-state index in [9.17, 15) is 5.11 Å². The summed E-state index contributed by atoms with van der Waals surface area (Å²) < 4.78 is 0. The number of nitrogens with one attached hydrogen (secondary N) is 1. The van der Waals surface area contributed by atoms with Crippen molar-refractivity contribution in [3.05, 3.63) is 48.0 Å². The van der Waals surface area contributed by atoms with E-state index >= 15 is 0 Å². The molecule has 0 fully saturated rings. The Morgan fingerprint density at radius 3 is 2.67 bits per heavy atom. The number of aliphatic hydroxyl groups is 1. The van der Waals surface area contributed by atoms with E-state index in [1.54, 1.807) is 0 Å². The van der Waals surface area contributed by atoms with Crippen LogP contribution in [0.2, 0.25) is 0 Å². The van der Waals surface area contributed by atoms with Crippen LogP contribution in [0.5, 0.6) is 0 Å². The molecule has 0 spiro atoms. The van der Waals surface area contributed by atoms with Crippen LogP contribution in [0.15, 0.2) is 36.9 Å². The van der Waals surface area contributed by atoms with Gasteiger partial charge in [0.2, 0.25) is 0 Å². The first-order chi connectivity index (χ1) is 8.67. The number of nitrogens with zero attached hydrogens (tertiary/aromatic N) is 1. The average Bonchev–Trinajstić information content (AvgIpc) is 2.42. The number of nitriles is 1. The normalized spacial score (nSPS) is 13.6. The summed E-state index contributed by atoms with van der Waals surface area (Å²) in [6, 6.07) is 9.75. The highest BCUT2D eigenvalue weighted by molar-refractivity contribution is 5.32. The van der Waals surface area contributed by atoms with Crippen molar-refractivity contribution in [1.29, 1.82) is 5.26 Å². The molecular weight excluding hydrogens is 224 g/mol. The van der Waals surface area contributed by atoms with Crippen molar-refractivity contribution in [3.8, 4) is 6.07 Å². The van der Waals surface area contributed by atoms with Gasteiger partial charge in [0.25, 0.3) is 0 Å². The highest BCUT2D eigenvalue weighted by Gasteiger charge is 2.08. The number of hydrogen-bond acceptors (Lipinski definition) is 3. The summed E-state index contributed by atoms with van der Waals surface area (Å²) in [4.78, 5) is 0. The second-order valence-corrected chi connectivity index (χ2v) is 4.38. The van der Waals surface area contributed by atoms with E-state index in [4.69, 9.17) is 5.26 Å². The first kappa shape index (κ1) is 14.4. The predicted molar refractivity (Wildman–Crippen MR) is 73.0 cm³/mol. The third-order valence-electron chi connectivity index (χ3n) is 2.90. The van der Waals surface area contributed by atoms with Gasteiger partial charge in [-0.3, -0.25) is 0 Å². The van der Waals surface area contributed by atoms with Crippen molar-refractivity contribution >= 4 is 0 Å². The molecule has 3 heteroatoms. The molecule has 0 amide bonds. The van der Waals surface area contributed by atoms with Crippen molar-refractivity contribution in [2.45, 2.75) is 31.9 Å². The molecule has 0 aliphatic heterocycles. The molecule has 0 radical (unpaired) electrons. The summed E-state index contributed by atoms with van der Waals surface area (Å²) in [5, 5.41) is 21.7. The van der Waals surface area contributed by atoms with E-state index < -0.39 is 0 Å². The minimum atomic E-state index is -0.344. The molecule has 0 saturated heterocycles. The fourth-order valence-corrected chi connectivity index (χ4v) is 1.69. The molecule has 96 valence electrons. The van der Waals surface area contributed by atoms with E-state index in [1.807, 2.05) is 37.3 Å². The molecule has 2 atom stereocenters. The smallest absolute Gasteiger partial charge is 0.0991 e. The van der Waals surface area contributed by atoms with Gasteiger partial charge >= 0.3 is 0 Å². The van der Waals surface area contributed by atoms with Crippen molar-refractivity contribution in [2.24, 2.45) is 0 Å². The molecule has 2 N–H and O–H groups in total. The van der Waals surface area contributed by atoms with Crippen LogP contribution in [0, 0.1) is 11.3 Å². The molecule has 0 bridgehead atoms. The Kier molecular flexibility index (Phi) is 6.13. The zero-order valence-corrected chi connectivity index (χ0v) is 10.8. The van der Waals surface area contributed by atoms with Gasteiger partial charge in [-0.05, 0) is 37.5 Å². The molecule has 1 aromatic rings. The Balaban J connectivity index is 2.42. The number of benzene rings is 1. The van der Waals surface area contributed by atoms with Crippen LogP contribution in [0.25, 0.3) is 0 Å². The van der Waals surface area contributed by atoms with Gasteiger partial charge in [-0.1, -0.05) is 18.2 Å². The van der Waals surface area contributed by atoms with E-state index in [-0.39, 0.29) is 12.1 Å². The summed E-state index contributed by atoms with van der Waals surface area (Å²) in [6.45, 7) is 6.24. The summed E-state index contributed by atoms with van der Waals surface area (Å²) >= 11 is 0. The lowest BCUT2D eigenvalue weighted by molar-refractivity contribution is 0.159. The average molecular weight is 244 g/mol. The number of hydrogen-bond donors (Lipinski definition) is 2. The van der Waals surface area contributed by atoms with Crippen LogP contribution in [0.1, 0.15) is 36.9 Å². The molecule has 3 nitrogen and oxygen atoms in total. The number of aliphatic hydroxyl groups excluding tert-OH is 1. The quantitative estimate of drug-likeness (QED) is 0.725. The van der Waals surface area contributed by atoms with Gasteiger partial charge in [-0.2, -0.15) is 5.26 Å². The molecule has 0 aliphatic rings. The second kappa shape index (κ2) is 7.65. The fraction of sp³-hybridized carbons (Fsp3) is 0.400. The lowest BCUT2D eigenvalue weighted by Crippen LogP contribution is -2.28. The second-order valence-electron chi connectivity index (χ2n) is 4.38. The van der Waals surface area contributed by atoms with E-state index in [2.05, 4.69) is 18.0 Å². The monoisotopic (exact) mass is 244 g/mol. The third-order valence-corrected chi connectivity index (χ3v) is 2.90. The molecule has 0 aromatic heterocycles. The first-order valence-electron chi connectivity index (χ1n) is 6.19. The Morgan fingerprint density at radius 2 is 2.11 bits per heavy atom. The molecule has 18 heavy (non-hydrogen) atoms. The summed E-state index contributed by atoms with van der Waals surface area (Å²) in [5.41, 5.74) is 1.78. The van der Waals surface area contributed by atoms with Crippen molar-refractivity contribution < 1.29 is 5.11 Å². The first-order valence-corrected chi connectivity index (χ1v) is 6.19. The van der Waals surface area contributed by atoms with Crippen LogP contribution < -0.4 is 5.32 Å². The molecule has 2 unspecified atom stereocenters. The zero-order chi connectivity index (χ0) is 13.4. The number of allylic oxidation sites excluding steroid dienone is 1. The molecule has 1 aromatic carbocycles. The van der Waals surface area contributed by atoms with Gasteiger partial charge < -0.3 is 10.4 Å². The van der Waals surface area contributed by atoms with E-state index in [0.717, 1.165) is 18.4 Å². The highest BCUT2D eigenvalue weighted by Crippen LogP contribution is 2.13. The van der Waals surface area contributed by atoms with Gasteiger partial charge in [0, 0.05) is 12.6 Å². The predicted octanol–water partition coefficient (Wildman–Crippen LogP) is 2.54. The SMILES string of the molecule is C=CCCC(O)CNC(C)c1ccc(C#N)cc1.